The molecule has 11 heteroatoms. The molecule has 2 aliphatic rings. The monoisotopic (exact) mass is 411 g/mol. The van der Waals surface area contributed by atoms with Crippen molar-refractivity contribution in [1.82, 2.24) is 26.6 Å². The van der Waals surface area contributed by atoms with Crippen LogP contribution in [0.2, 0.25) is 0 Å². The summed E-state index contributed by atoms with van der Waals surface area (Å²) in [6, 6.07) is -0.619. The summed E-state index contributed by atoms with van der Waals surface area (Å²) in [6.45, 7) is 2.93. The Hall–Kier alpha value is -1.14. The first-order chi connectivity index (χ1) is 13.2. The smallest absolute Gasteiger partial charge is 0.396 e. The van der Waals surface area contributed by atoms with Gasteiger partial charge in [-0.2, -0.15) is 0 Å². The number of halogens is 3. The van der Waals surface area contributed by atoms with Crippen molar-refractivity contribution in [1.29, 1.82) is 0 Å². The maximum absolute atomic E-state index is 12.4. The highest BCUT2D eigenvalue weighted by molar-refractivity contribution is 5.74. The van der Waals surface area contributed by atoms with Crippen molar-refractivity contribution >= 4 is 6.03 Å². The van der Waals surface area contributed by atoms with Crippen LogP contribution in [0.1, 0.15) is 51.9 Å². The molecule has 0 aromatic heterocycles. The molecule has 2 amide bonds. The number of carbonyl (C=O) groups is 1. The quantitative estimate of drug-likeness (QED) is 0.334. The zero-order chi connectivity index (χ0) is 20.6. The fourth-order valence-electron chi connectivity index (χ4n) is 3.69. The molecule has 2 rings (SSSR count). The van der Waals surface area contributed by atoms with Crippen molar-refractivity contribution in [2.45, 2.75) is 88.9 Å². The van der Waals surface area contributed by atoms with Gasteiger partial charge in [0.05, 0.1) is 12.3 Å². The van der Waals surface area contributed by atoms with E-state index in [0.29, 0.717) is 19.3 Å². The maximum Gasteiger partial charge on any atom is 0.522 e. The Balaban J connectivity index is 1.73. The minimum atomic E-state index is -4.65. The fraction of sp³-hybridized carbons (Fsp3) is 0.941. The predicted octanol–water partition coefficient (Wildman–Crippen LogP) is 1.08. The molecule has 1 aliphatic carbocycles. The number of aliphatic hydroxyl groups excluding tert-OH is 1. The lowest BCUT2D eigenvalue weighted by atomic mass is 9.93. The molecule has 1 saturated carbocycles. The molecule has 5 atom stereocenters. The van der Waals surface area contributed by atoms with E-state index in [-0.39, 0.29) is 31.3 Å². The molecular formula is C17H32F3N5O3. The van der Waals surface area contributed by atoms with Crippen LogP contribution in [0.5, 0.6) is 0 Å². The van der Waals surface area contributed by atoms with Gasteiger partial charge in [-0.15, -0.1) is 13.2 Å². The number of hydrogen-bond acceptors (Lipinski definition) is 6. The molecule has 0 radical (unpaired) electrons. The largest absolute Gasteiger partial charge is 0.522 e. The lowest BCUT2D eigenvalue weighted by molar-refractivity contribution is -0.345. The van der Waals surface area contributed by atoms with E-state index in [1.165, 1.54) is 0 Å². The molecule has 0 spiro atoms. The molecule has 164 valence electrons. The molecule has 2 fully saturated rings. The Morgan fingerprint density at radius 2 is 1.96 bits per heavy atom. The summed E-state index contributed by atoms with van der Waals surface area (Å²) in [4.78, 5) is 12.3. The zero-order valence-electron chi connectivity index (χ0n) is 16.1. The van der Waals surface area contributed by atoms with Crippen LogP contribution < -0.4 is 26.6 Å². The van der Waals surface area contributed by atoms with E-state index in [2.05, 4.69) is 31.3 Å². The Bertz CT molecular complexity index is 483. The number of hydrogen-bond donors (Lipinski definition) is 6. The maximum atomic E-state index is 12.4. The van der Waals surface area contributed by atoms with Gasteiger partial charge in [0.2, 0.25) is 0 Å². The van der Waals surface area contributed by atoms with Crippen molar-refractivity contribution < 1.29 is 27.8 Å². The van der Waals surface area contributed by atoms with E-state index in [0.717, 1.165) is 25.8 Å². The van der Waals surface area contributed by atoms with Crippen molar-refractivity contribution in [3.8, 4) is 0 Å². The van der Waals surface area contributed by atoms with E-state index < -0.39 is 24.8 Å². The van der Waals surface area contributed by atoms with E-state index in [1.807, 2.05) is 6.92 Å². The lowest BCUT2D eigenvalue weighted by Crippen LogP contribution is -2.68. The molecule has 5 unspecified atom stereocenters. The summed E-state index contributed by atoms with van der Waals surface area (Å²) in [5.74, 6) is 0. The van der Waals surface area contributed by atoms with Gasteiger partial charge in [-0.05, 0) is 58.4 Å². The highest BCUT2D eigenvalue weighted by Gasteiger charge is 2.36. The summed E-state index contributed by atoms with van der Waals surface area (Å²) in [5, 5.41) is 24.1. The Morgan fingerprint density at radius 3 is 2.68 bits per heavy atom. The van der Waals surface area contributed by atoms with E-state index in [4.69, 9.17) is 5.11 Å². The number of nitrogens with one attached hydrogen (secondary N) is 5. The number of amides is 2. The van der Waals surface area contributed by atoms with Gasteiger partial charge < -0.3 is 21.1 Å². The summed E-state index contributed by atoms with van der Waals surface area (Å²) >= 11 is 0. The van der Waals surface area contributed by atoms with Gasteiger partial charge in [-0.1, -0.05) is 0 Å². The molecule has 28 heavy (non-hydrogen) atoms. The van der Waals surface area contributed by atoms with Crippen LogP contribution >= 0.6 is 0 Å². The third-order valence-electron chi connectivity index (χ3n) is 4.92. The normalized spacial score (nSPS) is 31.4. The zero-order valence-corrected chi connectivity index (χ0v) is 16.1. The van der Waals surface area contributed by atoms with Gasteiger partial charge in [0, 0.05) is 18.7 Å². The Labute approximate surface area is 163 Å². The van der Waals surface area contributed by atoms with E-state index >= 15 is 0 Å². The molecule has 0 aromatic carbocycles. The van der Waals surface area contributed by atoms with Crippen molar-refractivity contribution in [3.05, 3.63) is 0 Å². The highest BCUT2D eigenvalue weighted by Crippen LogP contribution is 2.28. The van der Waals surface area contributed by atoms with Crippen LogP contribution in [-0.4, -0.2) is 61.3 Å². The highest BCUT2D eigenvalue weighted by atomic mass is 19.4. The van der Waals surface area contributed by atoms with Crippen LogP contribution in [0.4, 0.5) is 18.0 Å². The van der Waals surface area contributed by atoms with Crippen LogP contribution in [0.15, 0.2) is 0 Å². The fourth-order valence-corrected chi connectivity index (χ4v) is 3.69. The van der Waals surface area contributed by atoms with Crippen molar-refractivity contribution in [2.24, 2.45) is 0 Å². The van der Waals surface area contributed by atoms with Crippen LogP contribution in [0.25, 0.3) is 0 Å². The molecule has 0 aromatic rings. The SMILES string of the molecule is CC1CC(NCCCCO)NC(NC(=O)NC2CCCC(OC(F)(F)F)C2)N1. The second kappa shape index (κ2) is 11.1. The predicted molar refractivity (Wildman–Crippen MR) is 97.1 cm³/mol. The first-order valence-electron chi connectivity index (χ1n) is 9.93. The number of unbranched alkanes of at least 4 members (excludes halogenated alkanes) is 1. The molecule has 0 bridgehead atoms. The topological polar surface area (TPSA) is 107 Å². The Kier molecular flexibility index (Phi) is 9.22. The summed E-state index contributed by atoms with van der Waals surface area (Å²) in [7, 11) is 0. The summed E-state index contributed by atoms with van der Waals surface area (Å²) in [6.07, 6.45) is -1.91. The standard InChI is InChI=1S/C17H32F3N5O3/c1-11-9-14(21-7-2-3-8-26)24-15(22-11)25-16(27)23-12-5-4-6-13(10-12)28-17(18,19)20/h11-15,21-22,24,26H,2-10H2,1H3,(H2,23,25,27). The number of aliphatic hydroxyl groups is 1. The Morgan fingerprint density at radius 1 is 1.18 bits per heavy atom. The second-order valence-electron chi connectivity index (χ2n) is 7.51. The van der Waals surface area contributed by atoms with Gasteiger partial charge in [0.1, 0.15) is 6.29 Å². The van der Waals surface area contributed by atoms with Crippen molar-refractivity contribution in [3.63, 3.8) is 0 Å². The van der Waals surface area contributed by atoms with E-state index in [1.54, 1.807) is 0 Å². The lowest BCUT2D eigenvalue weighted by Gasteiger charge is -2.37. The molecule has 1 heterocycles. The van der Waals surface area contributed by atoms with Crippen molar-refractivity contribution in [2.75, 3.05) is 13.2 Å². The average Bonchev–Trinajstić information content (AvgIpc) is 2.57. The second-order valence-corrected chi connectivity index (χ2v) is 7.51. The van der Waals surface area contributed by atoms with Gasteiger partial charge in [0.25, 0.3) is 0 Å². The number of urea groups is 1. The first-order valence-corrected chi connectivity index (χ1v) is 9.93. The summed E-state index contributed by atoms with van der Waals surface area (Å²) < 4.78 is 41.3. The van der Waals surface area contributed by atoms with Gasteiger partial charge in [-0.3, -0.25) is 15.4 Å². The van der Waals surface area contributed by atoms with E-state index in [9.17, 15) is 18.0 Å². The van der Waals surface area contributed by atoms with Gasteiger partial charge in [0.15, 0.2) is 0 Å². The van der Waals surface area contributed by atoms with Crippen LogP contribution in [0.3, 0.4) is 0 Å². The minimum absolute atomic E-state index is 0.0134. The third-order valence-corrected chi connectivity index (χ3v) is 4.92. The molecule has 1 aliphatic heterocycles. The first kappa shape index (κ1) is 23.1. The molecule has 6 N–H and O–H groups in total. The average molecular weight is 411 g/mol. The molecule has 1 saturated heterocycles. The molecular weight excluding hydrogens is 379 g/mol. The van der Waals surface area contributed by atoms with Gasteiger partial charge >= 0.3 is 12.4 Å². The summed E-state index contributed by atoms with van der Waals surface area (Å²) in [5.41, 5.74) is 0. The van der Waals surface area contributed by atoms with Gasteiger partial charge in [-0.25, -0.2) is 4.79 Å². The molecule has 8 nitrogen and oxygen atoms in total. The minimum Gasteiger partial charge on any atom is -0.396 e. The number of alkyl halides is 3. The number of carbonyl (C=O) groups excluding carboxylic acids is 1. The van der Waals surface area contributed by atoms with Crippen LogP contribution in [0, 0.1) is 0 Å². The third kappa shape index (κ3) is 8.91. The number of ether oxygens (including phenoxy) is 1. The van der Waals surface area contributed by atoms with Crippen LogP contribution in [-0.2, 0) is 4.74 Å². The number of rotatable bonds is 8.